The third-order valence-electron chi connectivity index (χ3n) is 2.80. The highest BCUT2D eigenvalue weighted by Crippen LogP contribution is 2.29. The third-order valence-corrected chi connectivity index (χ3v) is 2.80. The average Bonchev–Trinajstić information content (AvgIpc) is 2.19. The molecular weight excluding hydrogens is 208 g/mol. The summed E-state index contributed by atoms with van der Waals surface area (Å²) in [4.78, 5) is 34.9. The van der Waals surface area contributed by atoms with E-state index in [1.807, 2.05) is 0 Å². The maximum absolute atomic E-state index is 11.9. The lowest BCUT2D eigenvalue weighted by Crippen LogP contribution is -2.45. The lowest BCUT2D eigenvalue weighted by atomic mass is 9.74. The van der Waals surface area contributed by atoms with Crippen LogP contribution in [-0.2, 0) is 14.4 Å². The molecule has 0 rings (SSSR count). The van der Waals surface area contributed by atoms with Crippen molar-refractivity contribution in [2.24, 2.45) is 5.41 Å². The van der Waals surface area contributed by atoms with E-state index >= 15 is 0 Å². The first-order valence-corrected chi connectivity index (χ1v) is 5.77. The van der Waals surface area contributed by atoms with Gasteiger partial charge in [-0.2, -0.15) is 0 Å². The number of hydrogen-bond acceptors (Lipinski definition) is 3. The first-order chi connectivity index (χ1) is 7.47. The Balaban J connectivity index is 5.23. The van der Waals surface area contributed by atoms with Crippen molar-refractivity contribution >= 4 is 17.5 Å². The summed E-state index contributed by atoms with van der Waals surface area (Å²) < 4.78 is 0. The Kier molecular flexibility index (Phi) is 5.93. The molecule has 0 atom stereocenters. The van der Waals surface area contributed by atoms with Gasteiger partial charge in [0.05, 0.1) is 0 Å². The largest absolute Gasteiger partial charge is 0.480 e. The Morgan fingerprint density at radius 3 is 1.50 bits per heavy atom. The van der Waals surface area contributed by atoms with Crippen molar-refractivity contribution in [2.75, 3.05) is 0 Å². The highest BCUT2D eigenvalue weighted by molar-refractivity contribution is 6.21. The molecule has 0 aromatic carbocycles. The van der Waals surface area contributed by atoms with Gasteiger partial charge in [0, 0.05) is 12.8 Å². The molecule has 0 spiro atoms. The molecule has 0 aromatic rings. The van der Waals surface area contributed by atoms with Gasteiger partial charge in [-0.15, -0.1) is 0 Å². The summed E-state index contributed by atoms with van der Waals surface area (Å²) in [5.74, 6) is -2.21. The Hall–Kier alpha value is -1.19. The molecule has 92 valence electrons. The molecule has 4 heteroatoms. The fourth-order valence-electron chi connectivity index (χ4n) is 1.82. The molecule has 0 fully saturated rings. The molecular formula is C12H20O4. The monoisotopic (exact) mass is 228 g/mol. The van der Waals surface area contributed by atoms with Gasteiger partial charge in [-0.25, -0.2) is 0 Å². The minimum absolute atomic E-state index is 0.0417. The van der Waals surface area contributed by atoms with Gasteiger partial charge in [-0.1, -0.05) is 20.8 Å². The lowest BCUT2D eigenvalue weighted by Gasteiger charge is -2.24. The minimum atomic E-state index is -1.80. The van der Waals surface area contributed by atoms with Crippen LogP contribution in [-0.4, -0.2) is 22.6 Å². The molecule has 0 aromatic heterocycles. The number of aliphatic carboxylic acids is 1. The van der Waals surface area contributed by atoms with E-state index in [1.54, 1.807) is 20.8 Å². The van der Waals surface area contributed by atoms with E-state index in [4.69, 9.17) is 0 Å². The molecule has 0 aliphatic rings. The van der Waals surface area contributed by atoms with Crippen molar-refractivity contribution in [3.63, 3.8) is 0 Å². The topological polar surface area (TPSA) is 71.4 Å². The van der Waals surface area contributed by atoms with Gasteiger partial charge >= 0.3 is 5.97 Å². The summed E-state index contributed by atoms with van der Waals surface area (Å²) in [5, 5.41) is 9.18. The predicted octanol–water partition coefficient (Wildman–Crippen LogP) is 2.21. The van der Waals surface area contributed by atoms with E-state index in [0.29, 0.717) is 12.8 Å². The van der Waals surface area contributed by atoms with E-state index in [0.717, 1.165) is 0 Å². The molecule has 0 bridgehead atoms. The molecule has 1 N–H and O–H groups in total. The van der Waals surface area contributed by atoms with Gasteiger partial charge in [0.25, 0.3) is 0 Å². The molecule has 0 aliphatic carbocycles. The van der Waals surface area contributed by atoms with Crippen LogP contribution >= 0.6 is 0 Å². The fraction of sp³-hybridized carbons (Fsp3) is 0.750. The van der Waals surface area contributed by atoms with Crippen molar-refractivity contribution < 1.29 is 19.5 Å². The maximum Gasteiger partial charge on any atom is 0.324 e. The zero-order chi connectivity index (χ0) is 12.8. The van der Waals surface area contributed by atoms with Crippen LogP contribution < -0.4 is 0 Å². The van der Waals surface area contributed by atoms with E-state index in [2.05, 4.69) is 0 Å². The van der Waals surface area contributed by atoms with Crippen molar-refractivity contribution in [3.05, 3.63) is 0 Å². The molecule has 0 radical (unpaired) electrons. The summed E-state index contributed by atoms with van der Waals surface area (Å²) in [7, 11) is 0. The average molecular weight is 228 g/mol. The van der Waals surface area contributed by atoms with Gasteiger partial charge in [0.2, 0.25) is 0 Å². The number of Topliss-reactive ketones (excluding diaryl/α,β-unsaturated/α-hetero) is 2. The maximum atomic E-state index is 11.9. The molecule has 0 aliphatic heterocycles. The van der Waals surface area contributed by atoms with Crippen molar-refractivity contribution in [1.29, 1.82) is 0 Å². The molecule has 0 saturated heterocycles. The summed E-state index contributed by atoms with van der Waals surface area (Å²) in [5.41, 5.74) is -1.80. The van der Waals surface area contributed by atoms with Gasteiger partial charge in [-0.3, -0.25) is 14.4 Å². The second-order valence-corrected chi connectivity index (χ2v) is 3.91. The first-order valence-electron chi connectivity index (χ1n) is 5.77. The number of carbonyl (C=O) groups is 3. The highest BCUT2D eigenvalue weighted by atomic mass is 16.4. The second-order valence-electron chi connectivity index (χ2n) is 3.91. The van der Waals surface area contributed by atoms with Crippen molar-refractivity contribution in [1.82, 2.24) is 0 Å². The zero-order valence-corrected chi connectivity index (χ0v) is 10.2. The molecule has 0 heterocycles. The summed E-state index contributed by atoms with van der Waals surface area (Å²) in [6, 6.07) is 0. The first kappa shape index (κ1) is 14.8. The highest BCUT2D eigenvalue weighted by Gasteiger charge is 2.49. The molecule has 0 unspecified atom stereocenters. The normalized spacial score (nSPS) is 11.2. The van der Waals surface area contributed by atoms with Gasteiger partial charge in [0.15, 0.2) is 17.0 Å². The summed E-state index contributed by atoms with van der Waals surface area (Å²) in [6.07, 6.45) is 1.46. The van der Waals surface area contributed by atoms with Crippen LogP contribution in [0, 0.1) is 5.41 Å². The van der Waals surface area contributed by atoms with E-state index in [-0.39, 0.29) is 19.3 Å². The van der Waals surface area contributed by atoms with Gasteiger partial charge in [-0.05, 0) is 19.3 Å². The van der Waals surface area contributed by atoms with Crippen LogP contribution in [0.1, 0.15) is 52.9 Å². The number of hydrogen-bond donors (Lipinski definition) is 1. The van der Waals surface area contributed by atoms with Gasteiger partial charge in [0.1, 0.15) is 0 Å². The number of rotatable bonds is 8. The van der Waals surface area contributed by atoms with Crippen LogP contribution in [0.25, 0.3) is 0 Å². The Morgan fingerprint density at radius 2 is 1.31 bits per heavy atom. The standard InChI is InChI=1S/C12H20O4/c1-4-7-9(13)12(6-3,11(15)16)10(14)8-5-2/h4-8H2,1-3H3,(H,15,16). The molecule has 4 nitrogen and oxygen atoms in total. The van der Waals surface area contributed by atoms with Crippen LogP contribution in [0.5, 0.6) is 0 Å². The van der Waals surface area contributed by atoms with E-state index in [1.165, 1.54) is 0 Å². The van der Waals surface area contributed by atoms with Crippen LogP contribution in [0.3, 0.4) is 0 Å². The third kappa shape index (κ3) is 2.68. The Labute approximate surface area is 96.0 Å². The summed E-state index contributed by atoms with van der Waals surface area (Å²) >= 11 is 0. The zero-order valence-electron chi connectivity index (χ0n) is 10.2. The second kappa shape index (κ2) is 6.40. The molecule has 16 heavy (non-hydrogen) atoms. The van der Waals surface area contributed by atoms with E-state index < -0.39 is 23.0 Å². The number of carboxylic acid groups (broad SMARTS) is 1. The molecule has 0 amide bonds. The van der Waals surface area contributed by atoms with Crippen LogP contribution in [0.15, 0.2) is 0 Å². The SMILES string of the molecule is CCCC(=O)C(CC)(C(=O)O)C(=O)CCC. The number of carbonyl (C=O) groups excluding carboxylic acids is 2. The smallest absolute Gasteiger partial charge is 0.324 e. The fourth-order valence-corrected chi connectivity index (χ4v) is 1.82. The number of ketones is 2. The quantitative estimate of drug-likeness (QED) is 0.646. The van der Waals surface area contributed by atoms with E-state index in [9.17, 15) is 19.5 Å². The van der Waals surface area contributed by atoms with Crippen molar-refractivity contribution in [2.45, 2.75) is 52.9 Å². The summed E-state index contributed by atoms with van der Waals surface area (Å²) in [6.45, 7) is 5.17. The Morgan fingerprint density at radius 1 is 0.938 bits per heavy atom. The Bertz CT molecular complexity index is 263. The minimum Gasteiger partial charge on any atom is -0.480 e. The molecule has 0 saturated carbocycles. The number of carboxylic acids is 1. The lowest BCUT2D eigenvalue weighted by molar-refractivity contribution is -0.160. The van der Waals surface area contributed by atoms with Gasteiger partial charge < -0.3 is 5.11 Å². The van der Waals surface area contributed by atoms with Crippen LogP contribution in [0.2, 0.25) is 0 Å². The van der Waals surface area contributed by atoms with Crippen LogP contribution in [0.4, 0.5) is 0 Å². The van der Waals surface area contributed by atoms with Crippen molar-refractivity contribution in [3.8, 4) is 0 Å². The predicted molar refractivity (Wildman–Crippen MR) is 60.2 cm³/mol.